The van der Waals surface area contributed by atoms with E-state index >= 15 is 0 Å². The van der Waals surface area contributed by atoms with Crippen LogP contribution in [0.4, 0.5) is 0 Å². The van der Waals surface area contributed by atoms with E-state index in [4.69, 9.17) is 9.47 Å². The summed E-state index contributed by atoms with van der Waals surface area (Å²) in [6, 6.07) is 6.51. The molecule has 2 unspecified atom stereocenters. The molecule has 18 heavy (non-hydrogen) atoms. The van der Waals surface area contributed by atoms with E-state index in [1.807, 2.05) is 0 Å². The molecule has 98 valence electrons. The van der Waals surface area contributed by atoms with Gasteiger partial charge >= 0.3 is 0 Å². The van der Waals surface area contributed by atoms with Crippen LogP contribution in [0, 0.1) is 12.8 Å². The van der Waals surface area contributed by atoms with Gasteiger partial charge in [-0.3, -0.25) is 0 Å². The molecule has 1 fully saturated rings. The van der Waals surface area contributed by atoms with Gasteiger partial charge in [-0.1, -0.05) is 23.8 Å². The Morgan fingerprint density at radius 2 is 2.00 bits per heavy atom. The summed E-state index contributed by atoms with van der Waals surface area (Å²) >= 11 is 0. The van der Waals surface area contributed by atoms with E-state index in [0.29, 0.717) is 19.1 Å². The van der Waals surface area contributed by atoms with Gasteiger partial charge in [-0.2, -0.15) is 0 Å². The average Bonchev–Trinajstić information content (AvgIpc) is 2.84. The smallest absolute Gasteiger partial charge is 0.170 e. The summed E-state index contributed by atoms with van der Waals surface area (Å²) in [4.78, 5) is 0. The Labute approximate surface area is 108 Å². The molecule has 0 aliphatic carbocycles. The van der Waals surface area contributed by atoms with Crippen LogP contribution in [0.25, 0.3) is 0 Å². The zero-order chi connectivity index (χ0) is 12.6. The van der Waals surface area contributed by atoms with Crippen LogP contribution in [-0.2, 0) is 22.7 Å². The van der Waals surface area contributed by atoms with Crippen molar-refractivity contribution >= 4 is 0 Å². The Morgan fingerprint density at radius 1 is 1.22 bits per heavy atom. The van der Waals surface area contributed by atoms with Crippen molar-refractivity contribution in [3.8, 4) is 0 Å². The molecule has 3 rings (SSSR count). The molecule has 0 saturated carbocycles. The van der Waals surface area contributed by atoms with Crippen molar-refractivity contribution in [2.75, 3.05) is 13.1 Å². The number of hydrogen-bond acceptors (Lipinski definition) is 3. The minimum absolute atomic E-state index is 0.448. The lowest BCUT2D eigenvalue weighted by atomic mass is 9.99. The maximum atomic E-state index is 6.09. The largest absolute Gasteiger partial charge is 0.345 e. The molecule has 0 radical (unpaired) electrons. The van der Waals surface area contributed by atoms with Crippen LogP contribution in [0.3, 0.4) is 0 Å². The van der Waals surface area contributed by atoms with Crippen molar-refractivity contribution in [1.29, 1.82) is 0 Å². The molecule has 1 saturated heterocycles. The molecule has 0 bridgehead atoms. The molecular weight excluding hydrogens is 226 g/mol. The van der Waals surface area contributed by atoms with Crippen LogP contribution in [0.5, 0.6) is 0 Å². The third kappa shape index (κ3) is 2.18. The van der Waals surface area contributed by atoms with Gasteiger partial charge in [-0.05, 0) is 37.9 Å². The van der Waals surface area contributed by atoms with Crippen molar-refractivity contribution in [1.82, 2.24) is 5.32 Å². The Kier molecular flexibility index (Phi) is 3.14. The molecule has 3 nitrogen and oxygen atoms in total. The van der Waals surface area contributed by atoms with Crippen LogP contribution in [0.15, 0.2) is 18.2 Å². The first kappa shape index (κ1) is 12.2. The molecule has 1 N–H and O–H groups in total. The first-order valence-electron chi connectivity index (χ1n) is 6.74. The Bertz CT molecular complexity index is 440. The first-order valence-corrected chi connectivity index (χ1v) is 6.74. The molecule has 3 heteroatoms. The minimum atomic E-state index is -0.448. The van der Waals surface area contributed by atoms with Gasteiger partial charge in [-0.15, -0.1) is 0 Å². The normalized spacial score (nSPS) is 32.0. The second-order valence-corrected chi connectivity index (χ2v) is 5.56. The van der Waals surface area contributed by atoms with Gasteiger partial charge in [0.25, 0.3) is 0 Å². The fourth-order valence-corrected chi connectivity index (χ4v) is 2.85. The lowest BCUT2D eigenvalue weighted by molar-refractivity contribution is -0.258. The molecule has 0 aromatic heterocycles. The summed E-state index contributed by atoms with van der Waals surface area (Å²) in [6.07, 6.45) is 1.13. The molecule has 1 aromatic carbocycles. The fourth-order valence-electron chi connectivity index (χ4n) is 2.85. The summed E-state index contributed by atoms with van der Waals surface area (Å²) in [6.45, 7) is 7.58. The summed E-state index contributed by atoms with van der Waals surface area (Å²) in [5.41, 5.74) is 3.81. The lowest BCUT2D eigenvalue weighted by Crippen LogP contribution is -2.40. The highest BCUT2D eigenvalue weighted by Crippen LogP contribution is 2.33. The summed E-state index contributed by atoms with van der Waals surface area (Å²) < 4.78 is 12.2. The molecular formula is C15H21NO2. The number of rotatable bonds is 1. The fraction of sp³-hybridized carbons (Fsp3) is 0.600. The monoisotopic (exact) mass is 247 g/mol. The molecule has 2 heterocycles. The van der Waals surface area contributed by atoms with E-state index in [-0.39, 0.29) is 0 Å². The molecule has 2 aliphatic rings. The number of hydrogen-bond donors (Lipinski definition) is 1. The highest BCUT2D eigenvalue weighted by Gasteiger charge is 2.39. The standard InChI is InChI=1S/C15H21NO2/c1-11-3-4-12-9-17-15(2,14-5-6-16-8-14)18-10-13(12)7-11/h3-4,7,14,16H,5-6,8-10H2,1-2H3. The van der Waals surface area contributed by atoms with Gasteiger partial charge < -0.3 is 14.8 Å². The quantitative estimate of drug-likeness (QED) is 0.826. The molecule has 1 aromatic rings. The van der Waals surface area contributed by atoms with Gasteiger partial charge in [0.05, 0.1) is 13.2 Å². The lowest BCUT2D eigenvalue weighted by Gasteiger charge is -2.33. The zero-order valence-electron chi connectivity index (χ0n) is 11.2. The second-order valence-electron chi connectivity index (χ2n) is 5.56. The zero-order valence-corrected chi connectivity index (χ0v) is 11.2. The predicted molar refractivity (Wildman–Crippen MR) is 70.1 cm³/mol. The summed E-state index contributed by atoms with van der Waals surface area (Å²) in [7, 11) is 0. The summed E-state index contributed by atoms with van der Waals surface area (Å²) in [5.74, 6) is 0.00378. The maximum Gasteiger partial charge on any atom is 0.170 e. The van der Waals surface area contributed by atoms with E-state index in [1.165, 1.54) is 16.7 Å². The Morgan fingerprint density at radius 3 is 2.72 bits per heavy atom. The van der Waals surface area contributed by atoms with E-state index in [9.17, 15) is 0 Å². The van der Waals surface area contributed by atoms with Crippen LogP contribution in [-0.4, -0.2) is 18.9 Å². The van der Waals surface area contributed by atoms with Crippen molar-refractivity contribution in [3.63, 3.8) is 0 Å². The third-order valence-corrected chi connectivity index (χ3v) is 4.19. The minimum Gasteiger partial charge on any atom is -0.345 e. The van der Waals surface area contributed by atoms with Gasteiger partial charge in [-0.25, -0.2) is 0 Å². The van der Waals surface area contributed by atoms with Crippen molar-refractivity contribution in [2.24, 2.45) is 5.92 Å². The van der Waals surface area contributed by atoms with Crippen LogP contribution < -0.4 is 5.32 Å². The summed E-state index contributed by atoms with van der Waals surface area (Å²) in [5, 5.41) is 3.39. The average molecular weight is 247 g/mol. The van der Waals surface area contributed by atoms with E-state index in [2.05, 4.69) is 37.4 Å². The Hall–Kier alpha value is -0.900. The second kappa shape index (κ2) is 4.65. The number of aryl methyl sites for hydroxylation is 1. The van der Waals surface area contributed by atoms with Gasteiger partial charge in [0.2, 0.25) is 0 Å². The van der Waals surface area contributed by atoms with Crippen molar-refractivity contribution < 1.29 is 9.47 Å². The number of fused-ring (bicyclic) bond motifs is 1. The predicted octanol–water partition coefficient (Wildman–Crippen LogP) is 2.37. The molecule has 2 atom stereocenters. The maximum absolute atomic E-state index is 6.09. The number of ether oxygens (including phenoxy) is 2. The SMILES string of the molecule is Cc1ccc2c(c1)COC(C)(C1CCNC1)OC2. The number of benzene rings is 1. The van der Waals surface area contributed by atoms with E-state index in [0.717, 1.165) is 19.5 Å². The van der Waals surface area contributed by atoms with Gasteiger partial charge in [0, 0.05) is 12.5 Å². The molecule has 0 spiro atoms. The highest BCUT2D eigenvalue weighted by molar-refractivity contribution is 5.31. The van der Waals surface area contributed by atoms with Crippen LogP contribution >= 0.6 is 0 Å². The Balaban J connectivity index is 1.81. The van der Waals surface area contributed by atoms with Gasteiger partial charge in [0.15, 0.2) is 5.79 Å². The first-order chi connectivity index (χ1) is 8.67. The van der Waals surface area contributed by atoms with Gasteiger partial charge in [0.1, 0.15) is 0 Å². The third-order valence-electron chi connectivity index (χ3n) is 4.19. The van der Waals surface area contributed by atoms with Crippen molar-refractivity contribution in [2.45, 2.75) is 39.3 Å². The number of nitrogens with one attached hydrogen (secondary N) is 1. The topological polar surface area (TPSA) is 30.5 Å². The van der Waals surface area contributed by atoms with E-state index in [1.54, 1.807) is 0 Å². The van der Waals surface area contributed by atoms with Crippen LogP contribution in [0.2, 0.25) is 0 Å². The van der Waals surface area contributed by atoms with Crippen LogP contribution in [0.1, 0.15) is 30.0 Å². The molecule has 2 aliphatic heterocycles. The van der Waals surface area contributed by atoms with E-state index < -0.39 is 5.79 Å². The molecule has 0 amide bonds. The van der Waals surface area contributed by atoms with Crippen molar-refractivity contribution in [3.05, 3.63) is 34.9 Å². The highest BCUT2D eigenvalue weighted by atomic mass is 16.7.